The topological polar surface area (TPSA) is 172 Å². The molecule has 9 rings (SSSR count). The molecular weight excluding hydrogens is 940 g/mol. The predicted molar refractivity (Wildman–Crippen MR) is 265 cm³/mol. The van der Waals surface area contributed by atoms with Crippen LogP contribution in [0.4, 0.5) is 30.2 Å². The molecule has 19 heteroatoms. The van der Waals surface area contributed by atoms with Gasteiger partial charge in [-0.25, -0.2) is 13.4 Å². The van der Waals surface area contributed by atoms with Crippen molar-refractivity contribution in [3.8, 4) is 11.5 Å². The lowest BCUT2D eigenvalue weighted by Gasteiger charge is -2.39. The standard InChI is InChI=1S/C52H60F3N7O8S/c1-34-24-37(52(53,54)55)4-7-43(34)45-28-51(2,3)14-10-36(45)31-59-16-18-60(19-17-59)39-5-8-44(49(26-39)70-40-25-35-11-15-56-50(35)58-29-40)48(63)33-71(66,67)42-6-9-46(47(27-42)62(64)65)57-30-41-32-61(20-23-69-41)38-12-21-68-22-13-38/h4-9,11,15,24-27,29,38,41,57H,10,12-14,16-23,28,30-33H2,1-3H3,(H,56,58). The Bertz CT molecular complexity index is 2930. The molecule has 0 radical (unpaired) electrons. The largest absolute Gasteiger partial charge is 0.455 e. The van der Waals surface area contributed by atoms with Crippen LogP contribution in [0.2, 0.25) is 0 Å². The number of ether oxygens (including phenoxy) is 3. The van der Waals surface area contributed by atoms with Crippen LogP contribution in [-0.2, 0) is 25.5 Å². The second-order valence-electron chi connectivity index (χ2n) is 19.9. The Balaban J connectivity index is 0.905. The maximum absolute atomic E-state index is 14.2. The number of nitrogens with zero attached hydrogens (tertiary/aromatic N) is 5. The van der Waals surface area contributed by atoms with Crippen LogP contribution in [0.3, 0.4) is 0 Å². The zero-order valence-electron chi connectivity index (χ0n) is 40.2. The van der Waals surface area contributed by atoms with E-state index < -0.39 is 43.7 Å². The third-order valence-corrected chi connectivity index (χ3v) is 15.9. The first-order chi connectivity index (χ1) is 33.9. The number of H-pyrrole nitrogens is 1. The van der Waals surface area contributed by atoms with Gasteiger partial charge in [0.1, 0.15) is 28.6 Å². The molecule has 1 atom stereocenters. The van der Waals surface area contributed by atoms with Crippen LogP contribution in [0, 0.1) is 22.5 Å². The van der Waals surface area contributed by atoms with Gasteiger partial charge in [0.15, 0.2) is 15.6 Å². The van der Waals surface area contributed by atoms with Gasteiger partial charge in [0.25, 0.3) is 5.69 Å². The summed E-state index contributed by atoms with van der Waals surface area (Å²) in [4.78, 5) is 39.8. The number of aryl methyl sites for hydroxylation is 1. The maximum Gasteiger partial charge on any atom is 0.416 e. The molecule has 3 fully saturated rings. The zero-order chi connectivity index (χ0) is 50.1. The lowest BCUT2D eigenvalue weighted by atomic mass is 9.72. The van der Waals surface area contributed by atoms with Gasteiger partial charge < -0.3 is 29.4 Å². The first-order valence-electron chi connectivity index (χ1n) is 24.2. The summed E-state index contributed by atoms with van der Waals surface area (Å²) >= 11 is 0. The van der Waals surface area contributed by atoms with Crippen LogP contribution in [0.5, 0.6) is 11.5 Å². The van der Waals surface area contributed by atoms with Crippen LogP contribution >= 0.6 is 0 Å². The van der Waals surface area contributed by atoms with Gasteiger partial charge in [0, 0.05) is 101 Å². The second kappa shape index (κ2) is 20.7. The number of halogens is 3. The number of nitro benzene ring substituents is 1. The van der Waals surface area contributed by atoms with Crippen molar-refractivity contribution in [3.63, 3.8) is 0 Å². The summed E-state index contributed by atoms with van der Waals surface area (Å²) in [5, 5.41) is 16.2. The normalized spacial score (nSPS) is 19.8. The highest BCUT2D eigenvalue weighted by Crippen LogP contribution is 2.45. The number of carbonyl (C=O) groups excluding carboxylic acids is 1. The molecule has 71 heavy (non-hydrogen) atoms. The number of hydrogen-bond donors (Lipinski definition) is 2. The number of benzene rings is 3. The molecular formula is C52H60F3N7O8S. The molecule has 3 aliphatic heterocycles. The number of rotatable bonds is 15. The summed E-state index contributed by atoms with van der Waals surface area (Å²) in [7, 11) is -4.39. The fraction of sp³-hybridized carbons (Fsp3) is 0.462. The highest BCUT2D eigenvalue weighted by molar-refractivity contribution is 7.92. The number of aromatic amines is 1. The number of ketones is 1. The van der Waals surface area contributed by atoms with Gasteiger partial charge >= 0.3 is 6.18 Å². The number of nitro groups is 1. The lowest BCUT2D eigenvalue weighted by Crippen LogP contribution is -2.51. The van der Waals surface area contributed by atoms with Crippen LogP contribution in [-0.4, -0.2) is 129 Å². The van der Waals surface area contributed by atoms with Crippen LogP contribution < -0.4 is 15.0 Å². The van der Waals surface area contributed by atoms with E-state index in [1.54, 1.807) is 43.5 Å². The number of carbonyl (C=O) groups is 1. The fourth-order valence-electron chi connectivity index (χ4n) is 10.3. The fourth-order valence-corrected chi connectivity index (χ4v) is 11.6. The monoisotopic (exact) mass is 999 g/mol. The van der Waals surface area contributed by atoms with Crippen molar-refractivity contribution in [2.45, 2.75) is 76.1 Å². The number of morpholine rings is 1. The Morgan fingerprint density at radius 1 is 1.00 bits per heavy atom. The van der Waals surface area contributed by atoms with Crippen LogP contribution in [0.25, 0.3) is 16.6 Å². The third-order valence-electron chi connectivity index (χ3n) is 14.3. The van der Waals surface area contributed by atoms with E-state index in [2.05, 4.69) is 43.8 Å². The van der Waals surface area contributed by atoms with E-state index in [0.29, 0.717) is 82.1 Å². The number of piperazine rings is 1. The van der Waals surface area contributed by atoms with Crippen molar-refractivity contribution in [1.82, 2.24) is 19.8 Å². The highest BCUT2D eigenvalue weighted by atomic mass is 32.2. The van der Waals surface area contributed by atoms with Crippen molar-refractivity contribution < 1.29 is 45.5 Å². The number of allylic oxidation sites excluding steroid dienone is 1. The average molecular weight is 1000 g/mol. The minimum atomic E-state index is -4.41. The van der Waals surface area contributed by atoms with E-state index in [1.807, 2.05) is 6.07 Å². The van der Waals surface area contributed by atoms with E-state index in [9.17, 15) is 36.5 Å². The molecule has 1 aliphatic carbocycles. The quantitative estimate of drug-likeness (QED) is 0.0578. The number of sulfone groups is 1. The highest BCUT2D eigenvalue weighted by Gasteiger charge is 2.34. The third kappa shape index (κ3) is 11.8. The summed E-state index contributed by atoms with van der Waals surface area (Å²) in [6.07, 6.45) is 3.07. The van der Waals surface area contributed by atoms with Crippen molar-refractivity contribution in [2.24, 2.45) is 5.41 Å². The number of alkyl halides is 3. The van der Waals surface area contributed by atoms with Gasteiger partial charge in [0.05, 0.1) is 39.9 Å². The van der Waals surface area contributed by atoms with Crippen molar-refractivity contribution in [3.05, 3.63) is 117 Å². The number of Topliss-reactive ketones (excluding diaryl/α,β-unsaturated/α-hetero) is 1. The van der Waals surface area contributed by atoms with E-state index in [0.717, 1.165) is 66.9 Å². The molecule has 3 aromatic carbocycles. The molecule has 4 aliphatic rings. The molecule has 0 saturated carbocycles. The minimum Gasteiger partial charge on any atom is -0.455 e. The van der Waals surface area contributed by atoms with Crippen molar-refractivity contribution in [2.75, 3.05) is 88.1 Å². The number of pyridine rings is 1. The first kappa shape index (κ1) is 50.1. The van der Waals surface area contributed by atoms with Crippen molar-refractivity contribution in [1.29, 1.82) is 0 Å². The zero-order valence-corrected chi connectivity index (χ0v) is 41.0. The summed E-state index contributed by atoms with van der Waals surface area (Å²) in [6.45, 7) is 13.2. The second-order valence-corrected chi connectivity index (χ2v) is 21.9. The molecule has 2 N–H and O–H groups in total. The van der Waals surface area contributed by atoms with Gasteiger partial charge in [-0.15, -0.1) is 0 Å². The van der Waals surface area contributed by atoms with E-state index >= 15 is 0 Å². The Hall–Kier alpha value is -5.86. The smallest absolute Gasteiger partial charge is 0.416 e. The molecule has 0 spiro atoms. The summed E-state index contributed by atoms with van der Waals surface area (Å²) < 4.78 is 86.5. The predicted octanol–water partition coefficient (Wildman–Crippen LogP) is 9.32. The number of fused-ring (bicyclic) bond motifs is 1. The van der Waals surface area contributed by atoms with Gasteiger partial charge in [-0.2, -0.15) is 13.2 Å². The van der Waals surface area contributed by atoms with E-state index in [1.165, 1.54) is 36.0 Å². The first-order valence-corrected chi connectivity index (χ1v) is 25.9. The van der Waals surface area contributed by atoms with Gasteiger partial charge in [-0.3, -0.25) is 24.7 Å². The molecule has 1 unspecified atom stereocenters. The number of aromatic nitrogens is 2. The van der Waals surface area contributed by atoms with Crippen LogP contribution in [0.1, 0.15) is 73.0 Å². The molecule has 378 valence electrons. The molecule has 5 aromatic rings. The Morgan fingerprint density at radius 3 is 2.54 bits per heavy atom. The van der Waals surface area contributed by atoms with Gasteiger partial charge in [-0.1, -0.05) is 25.5 Å². The minimum absolute atomic E-state index is 0.0106. The lowest BCUT2D eigenvalue weighted by molar-refractivity contribution is -0.384. The average Bonchev–Trinajstić information content (AvgIpc) is 3.82. The summed E-state index contributed by atoms with van der Waals surface area (Å²) in [5.41, 5.74) is 4.30. The SMILES string of the molecule is Cc1cc(C(F)(F)F)ccc1C1=C(CN2CCN(c3ccc(C(=O)CS(=O)(=O)c4ccc(NCC5CN(C6CCOCC6)CCO5)c([N+](=O)[O-])c4)c(Oc4cnc5[nH]ccc5c4)c3)CC2)CCC(C)(C)C1. The molecule has 15 nitrogen and oxygen atoms in total. The summed E-state index contributed by atoms with van der Waals surface area (Å²) in [6, 6.07) is 16.7. The number of nitrogens with one attached hydrogen (secondary N) is 2. The molecule has 3 saturated heterocycles. The van der Waals surface area contributed by atoms with E-state index in [-0.39, 0.29) is 40.0 Å². The summed E-state index contributed by atoms with van der Waals surface area (Å²) in [5.74, 6) is -1.28. The van der Waals surface area contributed by atoms with Gasteiger partial charge in [-0.05, 0) is 110 Å². The van der Waals surface area contributed by atoms with Crippen molar-refractivity contribution >= 4 is 49.3 Å². The Labute approximate surface area is 411 Å². The number of anilines is 2. The Kier molecular flexibility index (Phi) is 14.6. The maximum atomic E-state index is 14.2. The van der Waals surface area contributed by atoms with E-state index in [4.69, 9.17) is 14.2 Å². The molecule has 0 amide bonds. The van der Waals surface area contributed by atoms with Crippen LogP contribution in [0.15, 0.2) is 89.6 Å². The number of hydrogen-bond acceptors (Lipinski definition) is 13. The molecule has 2 aromatic heterocycles. The molecule has 0 bridgehead atoms. The Morgan fingerprint density at radius 2 is 1.79 bits per heavy atom. The van der Waals surface area contributed by atoms with Gasteiger partial charge in [0.2, 0.25) is 0 Å². The molecule has 5 heterocycles.